The van der Waals surface area contributed by atoms with Crippen molar-refractivity contribution in [3.05, 3.63) is 65.7 Å². The second-order valence-electron chi connectivity index (χ2n) is 5.83. The highest BCUT2D eigenvalue weighted by Gasteiger charge is 2.21. The van der Waals surface area contributed by atoms with Crippen LogP contribution in [0.5, 0.6) is 5.75 Å². The summed E-state index contributed by atoms with van der Waals surface area (Å²) in [5, 5.41) is 15.1. The number of hydrazone groups is 1. The van der Waals surface area contributed by atoms with Gasteiger partial charge in [0.25, 0.3) is 5.91 Å². The van der Waals surface area contributed by atoms with Crippen LogP contribution in [-0.2, 0) is 16.0 Å². The number of nitriles is 1. The molecule has 150 valence electrons. The number of nitrogens with zero attached hydrogens (tertiary/aromatic N) is 2. The van der Waals surface area contributed by atoms with E-state index in [1.165, 1.54) is 6.21 Å². The molecule has 0 aromatic heterocycles. The molecule has 29 heavy (non-hydrogen) atoms. The molecule has 2 aromatic carbocycles. The lowest BCUT2D eigenvalue weighted by Gasteiger charge is -2.16. The average Bonchev–Trinajstić information content (AvgIpc) is 2.73. The quantitative estimate of drug-likeness (QED) is 0.501. The van der Waals surface area contributed by atoms with Crippen LogP contribution in [0.1, 0.15) is 18.1 Å². The molecule has 0 aliphatic heterocycles. The first-order valence-corrected chi connectivity index (χ1v) is 9.03. The summed E-state index contributed by atoms with van der Waals surface area (Å²) in [4.78, 5) is 24.4. The maximum atomic E-state index is 12.6. The number of rotatable bonds is 9. The molecule has 0 saturated heterocycles. The lowest BCUT2D eigenvalue weighted by atomic mass is 10.1. The Bertz CT molecular complexity index is 878. The smallest absolute Gasteiger partial charge is 0.407 e. The van der Waals surface area contributed by atoms with E-state index in [9.17, 15) is 9.59 Å². The molecular weight excluding hydrogens is 372 g/mol. The molecule has 0 radical (unpaired) electrons. The van der Waals surface area contributed by atoms with Crippen molar-refractivity contribution in [2.45, 2.75) is 19.4 Å². The molecule has 8 nitrogen and oxygen atoms in total. The maximum absolute atomic E-state index is 12.6. The van der Waals surface area contributed by atoms with E-state index >= 15 is 0 Å². The van der Waals surface area contributed by atoms with Crippen LogP contribution in [-0.4, -0.2) is 37.5 Å². The number of benzene rings is 2. The van der Waals surface area contributed by atoms with Gasteiger partial charge in [-0.05, 0) is 24.6 Å². The highest BCUT2D eigenvalue weighted by atomic mass is 16.5. The van der Waals surface area contributed by atoms with Gasteiger partial charge >= 0.3 is 6.09 Å². The third-order valence-electron chi connectivity index (χ3n) is 3.76. The van der Waals surface area contributed by atoms with Gasteiger partial charge in [-0.25, -0.2) is 10.2 Å². The minimum Gasteiger partial charge on any atom is -0.478 e. The van der Waals surface area contributed by atoms with E-state index in [2.05, 4.69) is 15.8 Å². The van der Waals surface area contributed by atoms with Crippen LogP contribution >= 0.6 is 0 Å². The predicted molar refractivity (Wildman–Crippen MR) is 107 cm³/mol. The zero-order chi connectivity index (χ0) is 20.9. The summed E-state index contributed by atoms with van der Waals surface area (Å²) in [5.74, 6) is -0.0221. The number of ether oxygens (including phenoxy) is 2. The molecule has 2 amide bonds. The zero-order valence-corrected chi connectivity index (χ0v) is 16.0. The van der Waals surface area contributed by atoms with Crippen molar-refractivity contribution in [3.8, 4) is 11.8 Å². The number of hydrogen-bond acceptors (Lipinski definition) is 6. The summed E-state index contributed by atoms with van der Waals surface area (Å²) in [6.07, 6.45) is 1.01. The molecule has 2 aromatic rings. The molecule has 0 saturated carbocycles. The van der Waals surface area contributed by atoms with Gasteiger partial charge in [0.2, 0.25) is 0 Å². The number of para-hydroxylation sites is 1. The summed E-state index contributed by atoms with van der Waals surface area (Å²) in [6.45, 7) is 1.78. The highest BCUT2D eigenvalue weighted by molar-refractivity contribution is 5.88. The fourth-order valence-corrected chi connectivity index (χ4v) is 2.45. The van der Waals surface area contributed by atoms with Crippen molar-refractivity contribution >= 4 is 18.2 Å². The highest BCUT2D eigenvalue weighted by Crippen LogP contribution is 2.15. The fourth-order valence-electron chi connectivity index (χ4n) is 2.45. The van der Waals surface area contributed by atoms with E-state index in [-0.39, 0.29) is 19.6 Å². The summed E-state index contributed by atoms with van der Waals surface area (Å²) in [6, 6.07) is 17.3. The summed E-state index contributed by atoms with van der Waals surface area (Å²) in [5.41, 5.74) is 3.90. The summed E-state index contributed by atoms with van der Waals surface area (Å²) in [7, 11) is 0. The van der Waals surface area contributed by atoms with Crippen LogP contribution in [0.4, 0.5) is 4.79 Å². The Hall–Kier alpha value is -3.86. The molecule has 0 aliphatic rings. The van der Waals surface area contributed by atoms with Gasteiger partial charge in [0, 0.05) is 12.0 Å². The van der Waals surface area contributed by atoms with Crippen molar-refractivity contribution < 1.29 is 19.1 Å². The number of amides is 2. The molecule has 1 atom stereocenters. The second kappa shape index (κ2) is 11.8. The zero-order valence-electron chi connectivity index (χ0n) is 16.0. The number of carbonyl (C=O) groups excluding carboxylic acids is 2. The molecule has 0 bridgehead atoms. The third-order valence-corrected chi connectivity index (χ3v) is 3.76. The Labute approximate surface area is 169 Å². The first kappa shape index (κ1) is 21.4. The molecular formula is C21H22N4O4. The van der Waals surface area contributed by atoms with Crippen molar-refractivity contribution in [2.75, 3.05) is 13.2 Å². The maximum Gasteiger partial charge on any atom is 0.407 e. The van der Waals surface area contributed by atoms with Crippen LogP contribution in [0.2, 0.25) is 0 Å². The molecule has 0 heterocycles. The lowest BCUT2D eigenvalue weighted by molar-refractivity contribution is -0.123. The van der Waals surface area contributed by atoms with Gasteiger partial charge in [-0.1, -0.05) is 42.5 Å². The SMILES string of the molecule is CCOC(=O)N[C@@H](Cc1ccccc1)C(=O)N/N=C\c1ccccc1OCC#N. The number of alkyl carbamates (subject to hydrolysis) is 1. The Morgan fingerprint density at radius 2 is 1.90 bits per heavy atom. The van der Waals surface area contributed by atoms with Crippen LogP contribution < -0.4 is 15.5 Å². The third kappa shape index (κ3) is 7.34. The first-order valence-electron chi connectivity index (χ1n) is 9.03. The van der Waals surface area contributed by atoms with Gasteiger partial charge in [0.1, 0.15) is 17.9 Å². The monoisotopic (exact) mass is 394 g/mol. The summed E-state index contributed by atoms with van der Waals surface area (Å²) < 4.78 is 10.2. The van der Waals surface area contributed by atoms with Gasteiger partial charge in [0.05, 0.1) is 12.8 Å². The molecule has 0 aliphatic carbocycles. The van der Waals surface area contributed by atoms with E-state index < -0.39 is 18.0 Å². The predicted octanol–water partition coefficient (Wildman–Crippen LogP) is 2.40. The van der Waals surface area contributed by atoms with Crippen molar-refractivity contribution in [1.29, 1.82) is 5.26 Å². The Kier molecular flexibility index (Phi) is 8.70. The number of carbonyl (C=O) groups is 2. The Balaban J connectivity index is 2.06. The van der Waals surface area contributed by atoms with Crippen LogP contribution in [0.15, 0.2) is 59.7 Å². The summed E-state index contributed by atoms with van der Waals surface area (Å²) >= 11 is 0. The van der Waals surface area contributed by atoms with Gasteiger partial charge < -0.3 is 14.8 Å². The molecule has 0 unspecified atom stereocenters. The van der Waals surface area contributed by atoms with E-state index in [4.69, 9.17) is 14.7 Å². The molecule has 0 fully saturated rings. The van der Waals surface area contributed by atoms with E-state index in [1.807, 2.05) is 36.4 Å². The fraction of sp³-hybridized carbons (Fsp3) is 0.238. The standard InChI is InChI=1S/C21H22N4O4/c1-2-28-21(27)24-18(14-16-8-4-3-5-9-16)20(26)25-23-15-17-10-6-7-11-19(17)29-13-12-22/h3-11,15,18H,2,13-14H2,1H3,(H,24,27)(H,25,26)/b23-15-/t18-/m0/s1. The van der Waals surface area contributed by atoms with Crippen LogP contribution in [0, 0.1) is 11.3 Å². The lowest BCUT2D eigenvalue weighted by Crippen LogP contribution is -2.47. The molecule has 0 spiro atoms. The van der Waals surface area contributed by atoms with E-state index in [0.29, 0.717) is 11.3 Å². The molecule has 2 rings (SSSR count). The van der Waals surface area contributed by atoms with E-state index in [1.54, 1.807) is 31.2 Å². The van der Waals surface area contributed by atoms with Gasteiger partial charge in [0.15, 0.2) is 6.61 Å². The van der Waals surface area contributed by atoms with E-state index in [0.717, 1.165) is 5.56 Å². The Morgan fingerprint density at radius 3 is 2.62 bits per heavy atom. The first-order chi connectivity index (χ1) is 14.1. The molecule has 8 heteroatoms. The van der Waals surface area contributed by atoms with Crippen LogP contribution in [0.25, 0.3) is 0 Å². The topological polar surface area (TPSA) is 113 Å². The largest absolute Gasteiger partial charge is 0.478 e. The normalized spacial score (nSPS) is 11.3. The molecule has 2 N–H and O–H groups in total. The minimum absolute atomic E-state index is 0.0974. The number of nitrogens with one attached hydrogen (secondary N) is 2. The number of hydrogen-bond donors (Lipinski definition) is 2. The van der Waals surface area contributed by atoms with Crippen molar-refractivity contribution in [2.24, 2.45) is 5.10 Å². The minimum atomic E-state index is -0.862. The van der Waals surface area contributed by atoms with Gasteiger partial charge in [-0.3, -0.25) is 4.79 Å². The van der Waals surface area contributed by atoms with Crippen LogP contribution in [0.3, 0.4) is 0 Å². The Morgan fingerprint density at radius 1 is 1.17 bits per heavy atom. The average molecular weight is 394 g/mol. The van der Waals surface area contributed by atoms with Gasteiger partial charge in [-0.2, -0.15) is 10.4 Å². The second-order valence-corrected chi connectivity index (χ2v) is 5.83. The van der Waals surface area contributed by atoms with Crippen molar-refractivity contribution in [1.82, 2.24) is 10.7 Å². The van der Waals surface area contributed by atoms with Gasteiger partial charge in [-0.15, -0.1) is 0 Å². The van der Waals surface area contributed by atoms with Crippen molar-refractivity contribution in [3.63, 3.8) is 0 Å².